The topological polar surface area (TPSA) is 75.9 Å². The van der Waals surface area contributed by atoms with Gasteiger partial charge in [-0.1, -0.05) is 0 Å². The lowest BCUT2D eigenvalue weighted by molar-refractivity contribution is 0.639. The third-order valence-electron chi connectivity index (χ3n) is 5.00. The third kappa shape index (κ3) is 2.98. The standard InChI is InChI=1S/C18H20N8/c1-2-14(1)15-9-16(21-11-20-15)24-5-7-25(8-6-24)17-10-18(23-12-22-17)26-4-3-19-13-26/h3-4,9-14H,1-2,5-8H2. The summed E-state index contributed by atoms with van der Waals surface area (Å²) in [4.78, 5) is 26.4. The molecule has 26 heavy (non-hydrogen) atoms. The fourth-order valence-corrected chi connectivity index (χ4v) is 3.35. The number of nitrogens with zero attached hydrogens (tertiary/aromatic N) is 8. The van der Waals surface area contributed by atoms with Crippen molar-refractivity contribution in [2.24, 2.45) is 0 Å². The SMILES string of the molecule is c1cn(-c2cc(N3CCN(c4cc(C5CC5)ncn4)CC3)ncn2)cn1. The highest BCUT2D eigenvalue weighted by Gasteiger charge is 2.26. The quantitative estimate of drug-likeness (QED) is 0.709. The largest absolute Gasteiger partial charge is 0.353 e. The molecule has 3 aromatic heterocycles. The number of aromatic nitrogens is 6. The molecule has 1 aliphatic heterocycles. The number of hydrogen-bond donors (Lipinski definition) is 0. The number of anilines is 2. The van der Waals surface area contributed by atoms with E-state index in [1.54, 1.807) is 25.2 Å². The Labute approximate surface area is 151 Å². The normalized spacial score (nSPS) is 17.5. The molecule has 2 fully saturated rings. The minimum absolute atomic E-state index is 0.653. The minimum Gasteiger partial charge on any atom is -0.353 e. The molecule has 8 heteroatoms. The summed E-state index contributed by atoms with van der Waals surface area (Å²) in [5.74, 6) is 3.48. The molecule has 2 aliphatic rings. The summed E-state index contributed by atoms with van der Waals surface area (Å²) in [6, 6.07) is 4.17. The van der Waals surface area contributed by atoms with Crippen molar-refractivity contribution in [3.8, 4) is 5.82 Å². The van der Waals surface area contributed by atoms with E-state index in [0.717, 1.165) is 43.6 Å². The summed E-state index contributed by atoms with van der Waals surface area (Å²) in [5.41, 5.74) is 1.19. The van der Waals surface area contributed by atoms with Crippen LogP contribution in [0.25, 0.3) is 5.82 Å². The number of hydrogen-bond acceptors (Lipinski definition) is 7. The van der Waals surface area contributed by atoms with Gasteiger partial charge in [-0.2, -0.15) is 0 Å². The molecule has 0 unspecified atom stereocenters. The first kappa shape index (κ1) is 15.2. The van der Waals surface area contributed by atoms with E-state index in [1.165, 1.54) is 18.5 Å². The average Bonchev–Trinajstić information content (AvgIpc) is 3.42. The fraction of sp³-hybridized carbons (Fsp3) is 0.389. The van der Waals surface area contributed by atoms with E-state index in [2.05, 4.69) is 40.8 Å². The van der Waals surface area contributed by atoms with Crippen molar-refractivity contribution in [1.29, 1.82) is 0 Å². The summed E-state index contributed by atoms with van der Waals surface area (Å²) in [6.45, 7) is 3.66. The first-order valence-electron chi connectivity index (χ1n) is 8.99. The molecule has 0 atom stereocenters. The highest BCUT2D eigenvalue weighted by molar-refractivity contribution is 5.47. The molecule has 0 spiro atoms. The summed E-state index contributed by atoms with van der Waals surface area (Å²) in [6.07, 6.45) is 11.2. The Morgan fingerprint density at radius 2 is 1.42 bits per heavy atom. The molecule has 1 saturated carbocycles. The maximum atomic E-state index is 4.48. The van der Waals surface area contributed by atoms with Crippen LogP contribution in [-0.4, -0.2) is 55.7 Å². The van der Waals surface area contributed by atoms with Crippen molar-refractivity contribution in [2.45, 2.75) is 18.8 Å². The van der Waals surface area contributed by atoms with Gasteiger partial charge in [0.25, 0.3) is 0 Å². The molecule has 1 aliphatic carbocycles. The maximum absolute atomic E-state index is 4.48. The Bertz CT molecular complexity index is 882. The monoisotopic (exact) mass is 348 g/mol. The van der Waals surface area contributed by atoms with Crippen molar-refractivity contribution < 1.29 is 0 Å². The molecular formula is C18H20N8. The summed E-state index contributed by atoms with van der Waals surface area (Å²) in [5, 5.41) is 0. The predicted octanol–water partition coefficient (Wildman–Crippen LogP) is 1.66. The zero-order valence-corrected chi connectivity index (χ0v) is 14.4. The van der Waals surface area contributed by atoms with Gasteiger partial charge in [0.15, 0.2) is 0 Å². The van der Waals surface area contributed by atoms with Gasteiger partial charge in [0.2, 0.25) is 0 Å². The molecule has 8 nitrogen and oxygen atoms in total. The number of piperazine rings is 1. The van der Waals surface area contributed by atoms with E-state index < -0.39 is 0 Å². The smallest absolute Gasteiger partial charge is 0.143 e. The van der Waals surface area contributed by atoms with E-state index >= 15 is 0 Å². The molecule has 0 radical (unpaired) electrons. The Morgan fingerprint density at radius 3 is 2.08 bits per heavy atom. The second-order valence-corrected chi connectivity index (χ2v) is 6.75. The van der Waals surface area contributed by atoms with Crippen LogP contribution in [-0.2, 0) is 0 Å². The van der Waals surface area contributed by atoms with Gasteiger partial charge < -0.3 is 9.80 Å². The van der Waals surface area contributed by atoms with Crippen molar-refractivity contribution in [1.82, 2.24) is 29.5 Å². The van der Waals surface area contributed by atoms with Crippen molar-refractivity contribution >= 4 is 11.6 Å². The zero-order valence-electron chi connectivity index (χ0n) is 14.4. The predicted molar refractivity (Wildman–Crippen MR) is 97.6 cm³/mol. The van der Waals surface area contributed by atoms with Crippen LogP contribution in [0.15, 0.2) is 43.5 Å². The van der Waals surface area contributed by atoms with E-state index in [1.807, 2.05) is 16.8 Å². The molecule has 4 heterocycles. The summed E-state index contributed by atoms with van der Waals surface area (Å²) in [7, 11) is 0. The van der Waals surface area contributed by atoms with Gasteiger partial charge in [-0.15, -0.1) is 0 Å². The van der Waals surface area contributed by atoms with Crippen LogP contribution in [0.5, 0.6) is 0 Å². The van der Waals surface area contributed by atoms with Crippen LogP contribution in [0.3, 0.4) is 0 Å². The minimum atomic E-state index is 0.653. The van der Waals surface area contributed by atoms with Gasteiger partial charge in [0, 0.05) is 62.3 Å². The second-order valence-electron chi connectivity index (χ2n) is 6.75. The van der Waals surface area contributed by atoms with Gasteiger partial charge in [-0.05, 0) is 12.8 Å². The first-order chi connectivity index (χ1) is 12.9. The molecule has 0 bridgehead atoms. The van der Waals surface area contributed by atoms with Gasteiger partial charge in [0.05, 0.1) is 0 Å². The van der Waals surface area contributed by atoms with Crippen LogP contribution in [0.1, 0.15) is 24.5 Å². The van der Waals surface area contributed by atoms with E-state index in [-0.39, 0.29) is 0 Å². The van der Waals surface area contributed by atoms with Crippen molar-refractivity contribution in [3.05, 3.63) is 49.2 Å². The molecule has 132 valence electrons. The van der Waals surface area contributed by atoms with E-state index in [9.17, 15) is 0 Å². The van der Waals surface area contributed by atoms with E-state index in [0.29, 0.717) is 5.92 Å². The van der Waals surface area contributed by atoms with Crippen LogP contribution >= 0.6 is 0 Å². The Hall–Kier alpha value is -3.03. The second kappa shape index (κ2) is 6.36. The lowest BCUT2D eigenvalue weighted by Gasteiger charge is -2.36. The maximum Gasteiger partial charge on any atom is 0.143 e. The average molecular weight is 348 g/mol. The molecule has 0 aromatic carbocycles. The fourth-order valence-electron chi connectivity index (χ4n) is 3.35. The first-order valence-corrected chi connectivity index (χ1v) is 8.99. The molecule has 1 saturated heterocycles. The van der Waals surface area contributed by atoms with Crippen LogP contribution < -0.4 is 9.80 Å². The molecule has 0 amide bonds. The van der Waals surface area contributed by atoms with Gasteiger partial charge >= 0.3 is 0 Å². The van der Waals surface area contributed by atoms with Gasteiger partial charge in [-0.3, -0.25) is 4.57 Å². The number of rotatable bonds is 4. The van der Waals surface area contributed by atoms with Gasteiger partial charge in [-0.25, -0.2) is 24.9 Å². The molecule has 3 aromatic rings. The third-order valence-corrected chi connectivity index (χ3v) is 5.00. The number of imidazole rings is 1. The Morgan fingerprint density at radius 1 is 0.769 bits per heavy atom. The Balaban J connectivity index is 1.28. The molecular weight excluding hydrogens is 328 g/mol. The summed E-state index contributed by atoms with van der Waals surface area (Å²) >= 11 is 0. The zero-order chi connectivity index (χ0) is 17.3. The van der Waals surface area contributed by atoms with Crippen molar-refractivity contribution in [2.75, 3.05) is 36.0 Å². The van der Waals surface area contributed by atoms with E-state index in [4.69, 9.17) is 0 Å². The van der Waals surface area contributed by atoms with Gasteiger partial charge in [0.1, 0.15) is 36.4 Å². The Kier molecular flexibility index (Phi) is 3.73. The van der Waals surface area contributed by atoms with Crippen LogP contribution in [0, 0.1) is 0 Å². The van der Waals surface area contributed by atoms with Crippen LogP contribution in [0.4, 0.5) is 11.6 Å². The molecule has 0 N–H and O–H groups in total. The summed E-state index contributed by atoms with van der Waals surface area (Å²) < 4.78 is 1.89. The van der Waals surface area contributed by atoms with Crippen LogP contribution in [0.2, 0.25) is 0 Å². The highest BCUT2D eigenvalue weighted by atomic mass is 15.3. The highest BCUT2D eigenvalue weighted by Crippen LogP contribution is 2.39. The van der Waals surface area contributed by atoms with Crippen molar-refractivity contribution in [3.63, 3.8) is 0 Å². The lowest BCUT2D eigenvalue weighted by atomic mass is 10.2. The molecule has 5 rings (SSSR count). The lowest BCUT2D eigenvalue weighted by Crippen LogP contribution is -2.47.